The van der Waals surface area contributed by atoms with E-state index in [-0.39, 0.29) is 0 Å². The van der Waals surface area contributed by atoms with E-state index in [1.807, 2.05) is 18.2 Å². The molecule has 0 spiro atoms. The zero-order chi connectivity index (χ0) is 10.8. The van der Waals surface area contributed by atoms with Crippen molar-refractivity contribution in [2.75, 3.05) is 11.9 Å². The first-order chi connectivity index (χ1) is 7.16. The van der Waals surface area contributed by atoms with Gasteiger partial charge in [0.05, 0.1) is 0 Å². The van der Waals surface area contributed by atoms with Gasteiger partial charge in [0.2, 0.25) is 0 Å². The van der Waals surface area contributed by atoms with Crippen LogP contribution in [0.2, 0.25) is 0 Å². The number of aliphatic carboxylic acids is 1. The van der Waals surface area contributed by atoms with E-state index in [4.69, 9.17) is 5.11 Å². The SMILES string of the molecule is C/C(=C\c1ccc2c(c1)CCN2)C(=O)O. The summed E-state index contributed by atoms with van der Waals surface area (Å²) in [4.78, 5) is 10.7. The molecule has 0 saturated carbocycles. The van der Waals surface area contributed by atoms with Gasteiger partial charge in [0.15, 0.2) is 0 Å². The molecule has 0 aromatic heterocycles. The molecule has 0 aliphatic carbocycles. The summed E-state index contributed by atoms with van der Waals surface area (Å²) < 4.78 is 0. The van der Waals surface area contributed by atoms with Gasteiger partial charge in [-0.1, -0.05) is 6.07 Å². The number of benzene rings is 1. The Balaban J connectivity index is 2.31. The number of carbonyl (C=O) groups is 1. The number of rotatable bonds is 2. The Morgan fingerprint density at radius 3 is 3.07 bits per heavy atom. The summed E-state index contributed by atoms with van der Waals surface area (Å²) in [5.41, 5.74) is 3.75. The molecule has 0 atom stereocenters. The molecular formula is C12H13NO2. The summed E-state index contributed by atoms with van der Waals surface area (Å²) in [7, 11) is 0. The van der Waals surface area contributed by atoms with Crippen LogP contribution >= 0.6 is 0 Å². The van der Waals surface area contributed by atoms with Crippen molar-refractivity contribution < 1.29 is 9.90 Å². The van der Waals surface area contributed by atoms with Crippen LogP contribution in [0.4, 0.5) is 5.69 Å². The molecule has 3 nitrogen and oxygen atoms in total. The predicted molar refractivity (Wildman–Crippen MR) is 59.9 cm³/mol. The lowest BCUT2D eigenvalue weighted by Gasteiger charge is -2.01. The van der Waals surface area contributed by atoms with Gasteiger partial charge >= 0.3 is 5.97 Å². The molecule has 0 amide bonds. The molecule has 1 aromatic carbocycles. The highest BCUT2D eigenvalue weighted by atomic mass is 16.4. The van der Waals surface area contributed by atoms with E-state index in [9.17, 15) is 4.79 Å². The first kappa shape index (κ1) is 9.77. The predicted octanol–water partition coefficient (Wildman–Crippen LogP) is 2.14. The van der Waals surface area contributed by atoms with Crippen LogP contribution in [-0.4, -0.2) is 17.6 Å². The van der Waals surface area contributed by atoms with Gasteiger partial charge < -0.3 is 10.4 Å². The standard InChI is InChI=1S/C12H13NO2/c1-8(12(14)15)6-9-2-3-11-10(7-9)4-5-13-11/h2-3,6-7,13H,4-5H2,1H3,(H,14,15)/b8-6+. The molecule has 0 unspecified atom stereocenters. The summed E-state index contributed by atoms with van der Waals surface area (Å²) in [5.74, 6) is -0.867. The Morgan fingerprint density at radius 2 is 2.33 bits per heavy atom. The van der Waals surface area contributed by atoms with E-state index < -0.39 is 5.97 Å². The maximum atomic E-state index is 10.7. The van der Waals surface area contributed by atoms with E-state index in [0.29, 0.717) is 5.57 Å². The Kier molecular flexibility index (Phi) is 2.46. The van der Waals surface area contributed by atoms with Gasteiger partial charge in [-0.15, -0.1) is 0 Å². The first-order valence-electron chi connectivity index (χ1n) is 4.95. The van der Waals surface area contributed by atoms with E-state index in [0.717, 1.165) is 18.5 Å². The number of carboxylic acid groups (broad SMARTS) is 1. The highest BCUT2D eigenvalue weighted by Gasteiger charge is 2.09. The molecule has 1 heterocycles. The number of nitrogens with one attached hydrogen (secondary N) is 1. The highest BCUT2D eigenvalue weighted by Crippen LogP contribution is 2.23. The molecule has 0 saturated heterocycles. The Hall–Kier alpha value is -1.77. The summed E-state index contributed by atoms with van der Waals surface area (Å²) in [6.45, 7) is 2.58. The van der Waals surface area contributed by atoms with Crippen LogP contribution in [0.15, 0.2) is 23.8 Å². The first-order valence-corrected chi connectivity index (χ1v) is 4.95. The van der Waals surface area contributed by atoms with Gasteiger partial charge in [-0.2, -0.15) is 0 Å². The summed E-state index contributed by atoms with van der Waals surface area (Å²) in [6.07, 6.45) is 2.71. The molecule has 2 N–H and O–H groups in total. The fourth-order valence-electron chi connectivity index (χ4n) is 1.73. The van der Waals surface area contributed by atoms with Crippen LogP contribution in [0.3, 0.4) is 0 Å². The smallest absolute Gasteiger partial charge is 0.331 e. The van der Waals surface area contributed by atoms with E-state index in [1.54, 1.807) is 13.0 Å². The lowest BCUT2D eigenvalue weighted by atomic mass is 10.1. The van der Waals surface area contributed by atoms with Gasteiger partial charge in [-0.25, -0.2) is 4.79 Å². The van der Waals surface area contributed by atoms with Crippen molar-refractivity contribution in [1.82, 2.24) is 0 Å². The van der Waals surface area contributed by atoms with Crippen molar-refractivity contribution in [3.63, 3.8) is 0 Å². The highest BCUT2D eigenvalue weighted by molar-refractivity contribution is 5.91. The van der Waals surface area contributed by atoms with Crippen LogP contribution < -0.4 is 5.32 Å². The minimum atomic E-state index is -0.867. The third kappa shape index (κ3) is 2.01. The monoisotopic (exact) mass is 203 g/mol. The fourth-order valence-corrected chi connectivity index (χ4v) is 1.73. The molecule has 0 fully saturated rings. The second kappa shape index (κ2) is 3.77. The van der Waals surface area contributed by atoms with Crippen LogP contribution in [0, 0.1) is 0 Å². The number of hydrogen-bond donors (Lipinski definition) is 2. The van der Waals surface area contributed by atoms with Gasteiger partial charge in [0.1, 0.15) is 0 Å². The second-order valence-electron chi connectivity index (χ2n) is 3.73. The number of anilines is 1. The van der Waals surface area contributed by atoms with Gasteiger partial charge in [-0.3, -0.25) is 0 Å². The van der Waals surface area contributed by atoms with Crippen molar-refractivity contribution >= 4 is 17.7 Å². The molecule has 1 aliphatic heterocycles. The van der Waals surface area contributed by atoms with Crippen molar-refractivity contribution in [2.45, 2.75) is 13.3 Å². The number of hydrogen-bond acceptors (Lipinski definition) is 2. The molecule has 0 radical (unpaired) electrons. The number of carboxylic acids is 1. The van der Waals surface area contributed by atoms with Crippen molar-refractivity contribution in [3.05, 3.63) is 34.9 Å². The maximum absolute atomic E-state index is 10.7. The number of fused-ring (bicyclic) bond motifs is 1. The molecule has 1 aromatic rings. The largest absolute Gasteiger partial charge is 0.478 e. The van der Waals surface area contributed by atoms with E-state index in [1.165, 1.54) is 11.3 Å². The fraction of sp³-hybridized carbons (Fsp3) is 0.250. The van der Waals surface area contributed by atoms with Crippen LogP contribution in [-0.2, 0) is 11.2 Å². The van der Waals surface area contributed by atoms with Crippen molar-refractivity contribution in [2.24, 2.45) is 0 Å². The molecule has 15 heavy (non-hydrogen) atoms. The third-order valence-corrected chi connectivity index (χ3v) is 2.56. The van der Waals surface area contributed by atoms with Crippen LogP contribution in [0.5, 0.6) is 0 Å². The Labute approximate surface area is 88.4 Å². The van der Waals surface area contributed by atoms with E-state index in [2.05, 4.69) is 5.32 Å². The maximum Gasteiger partial charge on any atom is 0.331 e. The molecule has 0 bridgehead atoms. The summed E-state index contributed by atoms with van der Waals surface area (Å²) in [5, 5.41) is 12.0. The lowest BCUT2D eigenvalue weighted by molar-refractivity contribution is -0.132. The molecule has 2 rings (SSSR count). The van der Waals surface area contributed by atoms with Crippen LogP contribution in [0.25, 0.3) is 6.08 Å². The normalized spacial score (nSPS) is 14.6. The van der Waals surface area contributed by atoms with Gasteiger partial charge in [0, 0.05) is 17.8 Å². The Morgan fingerprint density at radius 1 is 1.53 bits per heavy atom. The minimum Gasteiger partial charge on any atom is -0.478 e. The van der Waals surface area contributed by atoms with Crippen LogP contribution in [0.1, 0.15) is 18.1 Å². The average molecular weight is 203 g/mol. The zero-order valence-electron chi connectivity index (χ0n) is 8.58. The summed E-state index contributed by atoms with van der Waals surface area (Å²) in [6, 6.07) is 5.98. The lowest BCUT2D eigenvalue weighted by Crippen LogP contribution is -1.95. The zero-order valence-corrected chi connectivity index (χ0v) is 8.58. The average Bonchev–Trinajstić information content (AvgIpc) is 2.64. The second-order valence-corrected chi connectivity index (χ2v) is 3.73. The topological polar surface area (TPSA) is 49.3 Å². The molecular weight excluding hydrogens is 190 g/mol. The molecule has 78 valence electrons. The molecule has 3 heteroatoms. The van der Waals surface area contributed by atoms with Gasteiger partial charge in [-0.05, 0) is 42.7 Å². The summed E-state index contributed by atoms with van der Waals surface area (Å²) >= 11 is 0. The molecule has 1 aliphatic rings. The quantitative estimate of drug-likeness (QED) is 0.724. The minimum absolute atomic E-state index is 0.362. The van der Waals surface area contributed by atoms with Crippen molar-refractivity contribution in [3.8, 4) is 0 Å². The van der Waals surface area contributed by atoms with Crippen molar-refractivity contribution in [1.29, 1.82) is 0 Å². The third-order valence-electron chi connectivity index (χ3n) is 2.56. The van der Waals surface area contributed by atoms with Gasteiger partial charge in [0.25, 0.3) is 0 Å². The Bertz CT molecular complexity index is 435. The van der Waals surface area contributed by atoms with E-state index >= 15 is 0 Å².